The lowest BCUT2D eigenvalue weighted by Gasteiger charge is -2.06. The Morgan fingerprint density at radius 3 is 2.67 bits per heavy atom. The summed E-state index contributed by atoms with van der Waals surface area (Å²) >= 11 is 0. The van der Waals surface area contributed by atoms with Crippen LogP contribution in [0.15, 0.2) is 36.0 Å². The van der Waals surface area contributed by atoms with Gasteiger partial charge in [-0.3, -0.25) is 9.59 Å². The standard InChI is InChI=1S/C14H17N3O4/c1-4-7-15-13(18)14(19)17-16-9-10-5-6-11(20-2)8-12(10)21-3/h4-6,8-9H,1,7H2,2-3H3,(H,15,18)(H,17,19). The predicted molar refractivity (Wildman–Crippen MR) is 78.5 cm³/mol. The number of hydrogen-bond donors (Lipinski definition) is 2. The average Bonchev–Trinajstić information content (AvgIpc) is 2.52. The molecule has 0 aliphatic heterocycles. The smallest absolute Gasteiger partial charge is 0.329 e. The van der Waals surface area contributed by atoms with Gasteiger partial charge in [0.05, 0.1) is 20.4 Å². The highest BCUT2D eigenvalue weighted by molar-refractivity contribution is 6.35. The third-order valence-corrected chi connectivity index (χ3v) is 2.42. The Hall–Kier alpha value is -2.83. The Kier molecular flexibility index (Phi) is 6.46. The second-order valence-corrected chi connectivity index (χ2v) is 3.81. The summed E-state index contributed by atoms with van der Waals surface area (Å²) in [5.41, 5.74) is 2.75. The summed E-state index contributed by atoms with van der Waals surface area (Å²) in [6.45, 7) is 3.64. The van der Waals surface area contributed by atoms with E-state index >= 15 is 0 Å². The number of carbonyl (C=O) groups is 2. The molecule has 1 rings (SSSR count). The lowest BCUT2D eigenvalue weighted by molar-refractivity contribution is -0.139. The molecule has 0 bridgehead atoms. The van der Waals surface area contributed by atoms with Crippen LogP contribution in [0.1, 0.15) is 5.56 Å². The van der Waals surface area contributed by atoms with Crippen molar-refractivity contribution in [1.29, 1.82) is 0 Å². The molecule has 0 unspecified atom stereocenters. The van der Waals surface area contributed by atoms with Gasteiger partial charge in [-0.25, -0.2) is 5.43 Å². The van der Waals surface area contributed by atoms with Gasteiger partial charge in [0, 0.05) is 18.2 Å². The number of hydrazone groups is 1. The number of ether oxygens (including phenoxy) is 2. The molecule has 0 atom stereocenters. The van der Waals surface area contributed by atoms with Crippen LogP contribution in [-0.4, -0.2) is 38.8 Å². The first kappa shape index (κ1) is 16.2. The molecule has 0 spiro atoms. The second-order valence-electron chi connectivity index (χ2n) is 3.81. The molecule has 0 fully saturated rings. The summed E-state index contributed by atoms with van der Waals surface area (Å²) in [7, 11) is 3.05. The fraction of sp³-hybridized carbons (Fsp3) is 0.214. The molecule has 21 heavy (non-hydrogen) atoms. The molecule has 0 radical (unpaired) electrons. The van der Waals surface area contributed by atoms with Crippen molar-refractivity contribution in [2.75, 3.05) is 20.8 Å². The molecular weight excluding hydrogens is 274 g/mol. The highest BCUT2D eigenvalue weighted by Crippen LogP contribution is 2.22. The van der Waals surface area contributed by atoms with E-state index in [0.29, 0.717) is 17.1 Å². The topological polar surface area (TPSA) is 89.0 Å². The van der Waals surface area contributed by atoms with Crippen molar-refractivity contribution < 1.29 is 19.1 Å². The van der Waals surface area contributed by atoms with E-state index in [9.17, 15) is 9.59 Å². The van der Waals surface area contributed by atoms with Crippen LogP contribution in [0.4, 0.5) is 0 Å². The van der Waals surface area contributed by atoms with Crippen LogP contribution in [0.2, 0.25) is 0 Å². The van der Waals surface area contributed by atoms with Crippen molar-refractivity contribution in [3.63, 3.8) is 0 Å². The minimum Gasteiger partial charge on any atom is -0.497 e. The third-order valence-electron chi connectivity index (χ3n) is 2.42. The van der Waals surface area contributed by atoms with Crippen LogP contribution >= 0.6 is 0 Å². The van der Waals surface area contributed by atoms with Crippen molar-refractivity contribution in [2.24, 2.45) is 5.10 Å². The number of rotatable bonds is 6. The van der Waals surface area contributed by atoms with Gasteiger partial charge in [-0.05, 0) is 12.1 Å². The van der Waals surface area contributed by atoms with E-state index in [1.807, 2.05) is 0 Å². The molecule has 0 aliphatic rings. The molecule has 112 valence electrons. The molecule has 0 saturated heterocycles. The maximum atomic E-state index is 11.4. The summed E-state index contributed by atoms with van der Waals surface area (Å²) in [6.07, 6.45) is 2.84. The van der Waals surface area contributed by atoms with Crippen LogP contribution in [-0.2, 0) is 9.59 Å². The first-order valence-corrected chi connectivity index (χ1v) is 6.06. The number of carbonyl (C=O) groups excluding carboxylic acids is 2. The normalized spacial score (nSPS) is 10.0. The van der Waals surface area contributed by atoms with E-state index < -0.39 is 11.8 Å². The molecule has 0 saturated carbocycles. The van der Waals surface area contributed by atoms with Crippen molar-refractivity contribution >= 4 is 18.0 Å². The van der Waals surface area contributed by atoms with Crippen molar-refractivity contribution in [1.82, 2.24) is 10.7 Å². The minimum absolute atomic E-state index is 0.211. The lowest BCUT2D eigenvalue weighted by atomic mass is 10.2. The Labute approximate surface area is 122 Å². The fourth-order valence-electron chi connectivity index (χ4n) is 1.38. The van der Waals surface area contributed by atoms with E-state index in [0.717, 1.165) is 0 Å². The molecule has 7 heteroatoms. The lowest BCUT2D eigenvalue weighted by Crippen LogP contribution is -2.37. The monoisotopic (exact) mass is 291 g/mol. The Morgan fingerprint density at radius 2 is 2.05 bits per heavy atom. The highest BCUT2D eigenvalue weighted by Gasteiger charge is 2.10. The van der Waals surface area contributed by atoms with Gasteiger partial charge in [-0.2, -0.15) is 5.10 Å². The van der Waals surface area contributed by atoms with Gasteiger partial charge >= 0.3 is 11.8 Å². The number of nitrogens with one attached hydrogen (secondary N) is 2. The SMILES string of the molecule is C=CCNC(=O)C(=O)NN=Cc1ccc(OC)cc1OC. The van der Waals surface area contributed by atoms with Crippen LogP contribution in [0.3, 0.4) is 0 Å². The molecule has 2 amide bonds. The third kappa shape index (κ3) is 4.98. The van der Waals surface area contributed by atoms with Gasteiger partial charge in [0.1, 0.15) is 11.5 Å². The zero-order valence-corrected chi connectivity index (χ0v) is 11.9. The Bertz CT molecular complexity index is 555. The number of benzene rings is 1. The first-order chi connectivity index (χ1) is 10.1. The van der Waals surface area contributed by atoms with E-state index in [2.05, 4.69) is 22.4 Å². The Balaban J connectivity index is 2.66. The van der Waals surface area contributed by atoms with Crippen molar-refractivity contribution in [3.05, 3.63) is 36.4 Å². The van der Waals surface area contributed by atoms with Crippen molar-refractivity contribution in [2.45, 2.75) is 0 Å². The number of hydrogen-bond acceptors (Lipinski definition) is 5. The summed E-state index contributed by atoms with van der Waals surface area (Å²) < 4.78 is 10.2. The largest absolute Gasteiger partial charge is 0.497 e. The maximum Gasteiger partial charge on any atom is 0.329 e. The summed E-state index contributed by atoms with van der Waals surface area (Å²) in [4.78, 5) is 22.6. The first-order valence-electron chi connectivity index (χ1n) is 6.06. The molecule has 2 N–H and O–H groups in total. The van der Waals surface area contributed by atoms with E-state index in [1.165, 1.54) is 19.4 Å². The van der Waals surface area contributed by atoms with E-state index in [4.69, 9.17) is 9.47 Å². The van der Waals surface area contributed by atoms with Gasteiger partial charge in [-0.1, -0.05) is 6.08 Å². The molecule has 1 aromatic rings. The van der Waals surface area contributed by atoms with Crippen LogP contribution < -0.4 is 20.2 Å². The second kappa shape index (κ2) is 8.36. The number of amides is 2. The van der Waals surface area contributed by atoms with Gasteiger partial charge in [0.25, 0.3) is 0 Å². The van der Waals surface area contributed by atoms with E-state index in [-0.39, 0.29) is 6.54 Å². The summed E-state index contributed by atoms with van der Waals surface area (Å²) in [6, 6.07) is 5.12. The molecule has 0 aromatic heterocycles. The maximum absolute atomic E-state index is 11.4. The predicted octanol–water partition coefficient (Wildman–Crippen LogP) is 0.456. The van der Waals surface area contributed by atoms with Gasteiger partial charge in [-0.15, -0.1) is 6.58 Å². The zero-order valence-electron chi connectivity index (χ0n) is 11.9. The minimum atomic E-state index is -0.861. The zero-order chi connectivity index (χ0) is 15.7. The van der Waals surface area contributed by atoms with Gasteiger partial charge < -0.3 is 14.8 Å². The van der Waals surface area contributed by atoms with Crippen LogP contribution in [0.5, 0.6) is 11.5 Å². The van der Waals surface area contributed by atoms with Gasteiger partial charge in [0.15, 0.2) is 0 Å². The molecule has 0 heterocycles. The summed E-state index contributed by atoms with van der Waals surface area (Å²) in [5, 5.41) is 6.04. The van der Waals surface area contributed by atoms with Crippen molar-refractivity contribution in [3.8, 4) is 11.5 Å². The average molecular weight is 291 g/mol. The molecule has 0 aliphatic carbocycles. The Morgan fingerprint density at radius 1 is 1.29 bits per heavy atom. The van der Waals surface area contributed by atoms with Gasteiger partial charge in [0.2, 0.25) is 0 Å². The fourth-order valence-corrected chi connectivity index (χ4v) is 1.38. The van der Waals surface area contributed by atoms with Crippen LogP contribution in [0, 0.1) is 0 Å². The summed E-state index contributed by atoms with van der Waals surface area (Å²) in [5.74, 6) is -0.477. The quantitative estimate of drug-likeness (QED) is 0.345. The van der Waals surface area contributed by atoms with E-state index in [1.54, 1.807) is 25.3 Å². The highest BCUT2D eigenvalue weighted by atomic mass is 16.5. The molecule has 1 aromatic carbocycles. The molecular formula is C14H17N3O4. The number of methoxy groups -OCH3 is 2. The number of nitrogens with zero attached hydrogens (tertiary/aromatic N) is 1. The molecule has 7 nitrogen and oxygen atoms in total. The van der Waals surface area contributed by atoms with Crippen LogP contribution in [0.25, 0.3) is 0 Å².